The van der Waals surface area contributed by atoms with Crippen LogP contribution in [0.5, 0.6) is 0 Å². The highest BCUT2D eigenvalue weighted by Gasteiger charge is 2.62. The van der Waals surface area contributed by atoms with Crippen molar-refractivity contribution in [1.29, 1.82) is 0 Å². The van der Waals surface area contributed by atoms with Gasteiger partial charge in [-0.3, -0.25) is 18.7 Å². The minimum atomic E-state index is -4.71. The van der Waals surface area contributed by atoms with E-state index in [0.717, 1.165) is 57.8 Å². The molecule has 260 valence electrons. The highest BCUT2D eigenvalue weighted by Crippen LogP contribution is 2.68. The highest BCUT2D eigenvalue weighted by atomic mass is 32.3. The standard InChI is InChI=1S/C31H52O12S2/c1-19(17-40-20(2)32)7-6-8-22(18-41-44(34,35)36)25-11-12-26-24-10-9-23-15-28(43-45(37,38)39)29(42-21(3)33)16-31(23,5)27(24)13-14-30(25,26)4/h19,22-29H,6-18H2,1-5H3,(H,34,35,36)(H,37,38,39)/t19-,22+,23?,24+,25-,26+,27+,28+,29+,30-,31+/m1/s1. The van der Waals surface area contributed by atoms with Crippen molar-refractivity contribution in [3.63, 3.8) is 0 Å². The average Bonchev–Trinajstić information content (AvgIpc) is 3.25. The molecule has 2 N–H and O–H groups in total. The van der Waals surface area contributed by atoms with Gasteiger partial charge >= 0.3 is 32.7 Å². The summed E-state index contributed by atoms with van der Waals surface area (Å²) in [4.78, 5) is 23.2. The number of rotatable bonds is 13. The van der Waals surface area contributed by atoms with E-state index < -0.39 is 39.0 Å². The molecule has 0 radical (unpaired) electrons. The van der Waals surface area contributed by atoms with Crippen LogP contribution in [-0.4, -0.2) is 63.3 Å². The lowest BCUT2D eigenvalue weighted by molar-refractivity contribution is -0.180. The van der Waals surface area contributed by atoms with Crippen LogP contribution in [-0.2, 0) is 48.2 Å². The van der Waals surface area contributed by atoms with Crippen molar-refractivity contribution in [1.82, 2.24) is 0 Å². The van der Waals surface area contributed by atoms with Crippen LogP contribution in [0.3, 0.4) is 0 Å². The first-order valence-corrected chi connectivity index (χ1v) is 19.1. The molecule has 4 rings (SSSR count). The molecule has 0 aromatic heterocycles. The predicted molar refractivity (Wildman–Crippen MR) is 163 cm³/mol. The van der Waals surface area contributed by atoms with Crippen molar-refractivity contribution in [2.24, 2.45) is 52.3 Å². The topological polar surface area (TPSA) is 180 Å². The molecule has 14 heteroatoms. The molecule has 4 saturated carbocycles. The predicted octanol–water partition coefficient (Wildman–Crippen LogP) is 5.18. The normalized spacial score (nSPS) is 37.9. The van der Waals surface area contributed by atoms with Crippen LogP contribution < -0.4 is 0 Å². The number of fused-ring (bicyclic) bond motifs is 5. The van der Waals surface area contributed by atoms with E-state index in [-0.39, 0.29) is 47.1 Å². The van der Waals surface area contributed by atoms with Crippen molar-refractivity contribution in [3.8, 4) is 0 Å². The molecule has 0 aliphatic heterocycles. The number of carbonyl (C=O) groups is 2. The number of hydrogen-bond acceptors (Lipinski definition) is 10. The third-order valence-electron chi connectivity index (χ3n) is 12.1. The first-order valence-electron chi connectivity index (χ1n) is 16.4. The van der Waals surface area contributed by atoms with Gasteiger partial charge in [0, 0.05) is 13.8 Å². The van der Waals surface area contributed by atoms with E-state index in [4.69, 9.17) is 17.8 Å². The van der Waals surface area contributed by atoms with Gasteiger partial charge in [-0.05, 0) is 116 Å². The SMILES string of the molecule is CC(=O)OC[C@H](C)CCC[C@@H](COS(=O)(=O)O)[C@H]1CC[C@H]2[C@@H]3CCC4C[C@H](OS(=O)(=O)O)[C@@H](OC(C)=O)C[C@]4(C)[C@H]3CC[C@]12C. The Hall–Kier alpha value is -1.32. The summed E-state index contributed by atoms with van der Waals surface area (Å²) >= 11 is 0. The second-order valence-electron chi connectivity index (χ2n) is 14.8. The molecule has 1 unspecified atom stereocenters. The maximum absolute atomic E-state index is 12.0. The van der Waals surface area contributed by atoms with E-state index >= 15 is 0 Å². The molecule has 4 fully saturated rings. The number of ether oxygens (including phenoxy) is 2. The van der Waals surface area contributed by atoms with Crippen LogP contribution >= 0.6 is 0 Å². The van der Waals surface area contributed by atoms with Gasteiger partial charge in [-0.2, -0.15) is 16.8 Å². The van der Waals surface area contributed by atoms with Crippen molar-refractivity contribution in [2.45, 2.75) is 117 Å². The van der Waals surface area contributed by atoms with Gasteiger partial charge in [0.15, 0.2) is 0 Å². The Balaban J connectivity index is 1.50. The maximum atomic E-state index is 12.0. The molecule has 4 aliphatic carbocycles. The molecular weight excluding hydrogens is 628 g/mol. The molecule has 0 bridgehead atoms. The maximum Gasteiger partial charge on any atom is 0.397 e. The van der Waals surface area contributed by atoms with Crippen LogP contribution in [0.25, 0.3) is 0 Å². The summed E-state index contributed by atoms with van der Waals surface area (Å²) < 4.78 is 86.0. The monoisotopic (exact) mass is 680 g/mol. The average molecular weight is 681 g/mol. The molecule has 0 spiro atoms. The van der Waals surface area contributed by atoms with Crippen molar-refractivity contribution in [3.05, 3.63) is 0 Å². The first kappa shape index (κ1) is 36.5. The summed E-state index contributed by atoms with van der Waals surface area (Å²) in [5.41, 5.74) is -0.241. The summed E-state index contributed by atoms with van der Waals surface area (Å²) in [6, 6.07) is 0. The van der Waals surface area contributed by atoms with E-state index in [9.17, 15) is 35.5 Å². The quantitative estimate of drug-likeness (QED) is 0.193. The second-order valence-corrected chi connectivity index (χ2v) is 17.0. The Morgan fingerprint density at radius 2 is 1.53 bits per heavy atom. The molecule has 45 heavy (non-hydrogen) atoms. The fraction of sp³-hybridized carbons (Fsp3) is 0.935. The first-order chi connectivity index (χ1) is 20.8. The number of esters is 2. The van der Waals surface area contributed by atoms with E-state index in [1.165, 1.54) is 13.8 Å². The van der Waals surface area contributed by atoms with Gasteiger partial charge < -0.3 is 9.47 Å². The molecule has 0 aromatic carbocycles. The summed E-state index contributed by atoms with van der Waals surface area (Å²) in [5.74, 6) is 0.812. The Bertz CT molecular complexity index is 1290. The van der Waals surface area contributed by atoms with Gasteiger partial charge in [-0.25, -0.2) is 8.37 Å². The zero-order valence-electron chi connectivity index (χ0n) is 27.2. The van der Waals surface area contributed by atoms with Gasteiger partial charge in [0.1, 0.15) is 12.2 Å². The molecule has 0 saturated heterocycles. The van der Waals surface area contributed by atoms with Gasteiger partial charge in [0.05, 0.1) is 13.2 Å². The molecule has 0 heterocycles. The van der Waals surface area contributed by atoms with E-state index in [0.29, 0.717) is 37.2 Å². The molecule has 11 atom stereocenters. The van der Waals surface area contributed by atoms with Crippen LogP contribution in [0.15, 0.2) is 0 Å². The van der Waals surface area contributed by atoms with Crippen LogP contribution in [0.4, 0.5) is 0 Å². The Kier molecular flexibility index (Phi) is 11.4. The highest BCUT2D eigenvalue weighted by molar-refractivity contribution is 7.81. The summed E-state index contributed by atoms with van der Waals surface area (Å²) in [5, 5.41) is 0. The van der Waals surface area contributed by atoms with Crippen LogP contribution in [0, 0.1) is 52.3 Å². The zero-order chi connectivity index (χ0) is 33.4. The fourth-order valence-electron chi connectivity index (χ4n) is 10.3. The summed E-state index contributed by atoms with van der Waals surface area (Å²) in [7, 11) is -9.30. The molecule has 0 amide bonds. The minimum Gasteiger partial charge on any atom is -0.466 e. The molecule has 12 nitrogen and oxygen atoms in total. The second kappa shape index (κ2) is 14.0. The third kappa shape index (κ3) is 8.78. The summed E-state index contributed by atoms with van der Waals surface area (Å²) in [6.45, 7) is 9.54. The smallest absolute Gasteiger partial charge is 0.397 e. The lowest BCUT2D eigenvalue weighted by atomic mass is 9.44. The minimum absolute atomic E-state index is 0.0401. The van der Waals surface area contributed by atoms with E-state index in [1.807, 2.05) is 6.92 Å². The van der Waals surface area contributed by atoms with Crippen molar-refractivity contribution < 1.29 is 53.4 Å². The Labute approximate surface area is 268 Å². The number of hydrogen-bond donors (Lipinski definition) is 2. The van der Waals surface area contributed by atoms with Crippen LogP contribution in [0.1, 0.15) is 105 Å². The lowest BCUT2D eigenvalue weighted by Gasteiger charge is -2.62. The Morgan fingerprint density at radius 1 is 0.844 bits per heavy atom. The molecule has 0 aromatic rings. The molecule has 4 aliphatic rings. The lowest BCUT2D eigenvalue weighted by Crippen LogP contribution is -2.58. The largest absolute Gasteiger partial charge is 0.466 e. The number of carbonyl (C=O) groups excluding carboxylic acids is 2. The van der Waals surface area contributed by atoms with Gasteiger partial charge in [0.2, 0.25) is 0 Å². The Morgan fingerprint density at radius 3 is 2.16 bits per heavy atom. The third-order valence-corrected chi connectivity index (χ3v) is 13.0. The van der Waals surface area contributed by atoms with Crippen molar-refractivity contribution in [2.75, 3.05) is 13.2 Å². The zero-order valence-corrected chi connectivity index (χ0v) is 28.8. The van der Waals surface area contributed by atoms with E-state index in [1.54, 1.807) is 0 Å². The fourth-order valence-corrected chi connectivity index (χ4v) is 11.1. The molecular formula is C31H52O12S2. The van der Waals surface area contributed by atoms with E-state index in [2.05, 4.69) is 13.8 Å². The van der Waals surface area contributed by atoms with Gasteiger partial charge in [0.25, 0.3) is 0 Å². The van der Waals surface area contributed by atoms with Gasteiger partial charge in [-0.15, -0.1) is 0 Å². The summed E-state index contributed by atoms with van der Waals surface area (Å²) in [6.07, 6.45) is 7.20. The van der Waals surface area contributed by atoms with Gasteiger partial charge in [-0.1, -0.05) is 27.2 Å². The van der Waals surface area contributed by atoms with Crippen molar-refractivity contribution >= 4 is 32.7 Å². The van der Waals surface area contributed by atoms with Crippen LogP contribution in [0.2, 0.25) is 0 Å².